The van der Waals surface area contributed by atoms with Crippen LogP contribution in [0.5, 0.6) is 0 Å². The zero-order chi connectivity index (χ0) is 13.5. The Morgan fingerprint density at radius 2 is 2.00 bits per heavy atom. The van der Waals surface area contributed by atoms with E-state index in [-0.39, 0.29) is 12.0 Å². The van der Waals surface area contributed by atoms with E-state index in [2.05, 4.69) is 22.0 Å². The van der Waals surface area contributed by atoms with E-state index in [0.717, 1.165) is 58.6 Å². The number of nitrogens with zero attached hydrogens (tertiary/aromatic N) is 2. The van der Waals surface area contributed by atoms with E-state index in [0.29, 0.717) is 13.1 Å². The highest BCUT2D eigenvalue weighted by Gasteiger charge is 2.18. The number of amides is 1. The van der Waals surface area contributed by atoms with Crippen LogP contribution in [0.2, 0.25) is 0 Å². The number of ether oxygens (including phenoxy) is 1. The number of hydrogen-bond acceptors (Lipinski definition) is 4. The summed E-state index contributed by atoms with van der Waals surface area (Å²) >= 11 is 0. The molecule has 0 spiro atoms. The number of rotatable bonds is 5. The lowest BCUT2D eigenvalue weighted by molar-refractivity contribution is -0.122. The van der Waals surface area contributed by atoms with Crippen molar-refractivity contribution in [3.05, 3.63) is 0 Å². The van der Waals surface area contributed by atoms with Gasteiger partial charge >= 0.3 is 0 Å². The lowest BCUT2D eigenvalue weighted by Gasteiger charge is -2.20. The number of likely N-dealkylation sites (N-methyl/N-ethyl adjacent to an activating group) is 1. The van der Waals surface area contributed by atoms with Gasteiger partial charge in [-0.25, -0.2) is 0 Å². The fourth-order valence-corrected chi connectivity index (χ4v) is 2.79. The minimum absolute atomic E-state index is 0.139. The predicted molar refractivity (Wildman–Crippen MR) is 75.2 cm³/mol. The van der Waals surface area contributed by atoms with E-state index in [4.69, 9.17) is 4.74 Å². The zero-order valence-corrected chi connectivity index (χ0v) is 12.1. The molecule has 19 heavy (non-hydrogen) atoms. The van der Waals surface area contributed by atoms with Crippen LogP contribution in [0.1, 0.15) is 26.2 Å². The minimum Gasteiger partial charge on any atom is -0.376 e. The first-order valence-corrected chi connectivity index (χ1v) is 7.61. The average molecular weight is 269 g/mol. The van der Waals surface area contributed by atoms with Crippen LogP contribution in [0.3, 0.4) is 0 Å². The van der Waals surface area contributed by atoms with Gasteiger partial charge < -0.3 is 15.0 Å². The van der Waals surface area contributed by atoms with Crippen molar-refractivity contribution >= 4 is 5.91 Å². The van der Waals surface area contributed by atoms with Crippen molar-refractivity contribution in [2.75, 3.05) is 52.4 Å². The zero-order valence-electron chi connectivity index (χ0n) is 12.1. The number of carbonyl (C=O) groups excluding carboxylic acids is 1. The molecule has 1 atom stereocenters. The summed E-state index contributed by atoms with van der Waals surface area (Å²) in [4.78, 5) is 16.6. The van der Waals surface area contributed by atoms with Gasteiger partial charge in [-0.1, -0.05) is 6.92 Å². The fourth-order valence-electron chi connectivity index (χ4n) is 2.79. The molecule has 0 radical (unpaired) electrons. The van der Waals surface area contributed by atoms with Gasteiger partial charge in [0.25, 0.3) is 0 Å². The first-order chi connectivity index (χ1) is 9.28. The van der Waals surface area contributed by atoms with E-state index in [1.54, 1.807) is 0 Å². The molecule has 2 aliphatic rings. The molecule has 5 heteroatoms. The van der Waals surface area contributed by atoms with Gasteiger partial charge in [-0.2, -0.15) is 0 Å². The maximum atomic E-state index is 11.9. The van der Waals surface area contributed by atoms with Gasteiger partial charge in [-0.05, 0) is 38.9 Å². The van der Waals surface area contributed by atoms with E-state index < -0.39 is 0 Å². The maximum absolute atomic E-state index is 11.9. The molecule has 0 aromatic rings. The van der Waals surface area contributed by atoms with Crippen LogP contribution >= 0.6 is 0 Å². The molecule has 0 aromatic heterocycles. The lowest BCUT2D eigenvalue weighted by Crippen LogP contribution is -2.41. The van der Waals surface area contributed by atoms with E-state index in [9.17, 15) is 4.79 Å². The third-order valence-electron chi connectivity index (χ3n) is 4.05. The first kappa shape index (κ1) is 14.8. The van der Waals surface area contributed by atoms with Gasteiger partial charge in [-0.15, -0.1) is 0 Å². The number of hydrogen-bond donors (Lipinski definition) is 1. The van der Waals surface area contributed by atoms with Gasteiger partial charge in [0.2, 0.25) is 5.91 Å². The van der Waals surface area contributed by atoms with Gasteiger partial charge in [0.1, 0.15) is 0 Å². The van der Waals surface area contributed by atoms with Crippen molar-refractivity contribution in [1.82, 2.24) is 15.1 Å². The highest BCUT2D eigenvalue weighted by Crippen LogP contribution is 2.10. The third kappa shape index (κ3) is 5.09. The Morgan fingerprint density at radius 3 is 2.74 bits per heavy atom. The standard InChI is InChI=1S/C14H27N3O2/c1-2-16-6-4-7-17(9-8-16)12-14(18)15-11-13-5-3-10-19-13/h13H,2-12H2,1H3,(H,15,18)/t13-/m1/s1. The van der Waals surface area contributed by atoms with Crippen LogP contribution in [0, 0.1) is 0 Å². The van der Waals surface area contributed by atoms with Crippen molar-refractivity contribution < 1.29 is 9.53 Å². The Balaban J connectivity index is 1.63. The lowest BCUT2D eigenvalue weighted by atomic mass is 10.2. The molecular formula is C14H27N3O2. The average Bonchev–Trinajstić information content (AvgIpc) is 2.83. The molecule has 2 saturated heterocycles. The minimum atomic E-state index is 0.139. The Hall–Kier alpha value is -0.650. The summed E-state index contributed by atoms with van der Waals surface area (Å²) in [6.07, 6.45) is 3.60. The van der Waals surface area contributed by atoms with Crippen LogP contribution in [0.4, 0.5) is 0 Å². The van der Waals surface area contributed by atoms with Crippen LogP contribution in [-0.2, 0) is 9.53 Å². The van der Waals surface area contributed by atoms with Crippen LogP contribution < -0.4 is 5.32 Å². The molecular weight excluding hydrogens is 242 g/mol. The molecule has 0 unspecified atom stereocenters. The van der Waals surface area contributed by atoms with Crippen molar-refractivity contribution in [2.45, 2.75) is 32.3 Å². The maximum Gasteiger partial charge on any atom is 0.234 e. The third-order valence-corrected chi connectivity index (χ3v) is 4.05. The molecule has 110 valence electrons. The first-order valence-electron chi connectivity index (χ1n) is 7.61. The molecule has 2 rings (SSSR count). The van der Waals surface area contributed by atoms with Crippen molar-refractivity contribution in [3.63, 3.8) is 0 Å². The van der Waals surface area contributed by atoms with Crippen LogP contribution in [0.15, 0.2) is 0 Å². The highest BCUT2D eigenvalue weighted by atomic mass is 16.5. The summed E-state index contributed by atoms with van der Waals surface area (Å²) in [5.74, 6) is 0.139. The number of carbonyl (C=O) groups is 1. The smallest absolute Gasteiger partial charge is 0.234 e. The normalized spacial score (nSPS) is 26.3. The molecule has 1 amide bonds. The van der Waals surface area contributed by atoms with Crippen molar-refractivity contribution in [2.24, 2.45) is 0 Å². The molecule has 1 N–H and O–H groups in total. The molecule has 0 saturated carbocycles. The second kappa shape index (κ2) is 7.82. The second-order valence-corrected chi connectivity index (χ2v) is 5.50. The number of nitrogens with one attached hydrogen (secondary N) is 1. The Labute approximate surface area is 116 Å². The second-order valence-electron chi connectivity index (χ2n) is 5.50. The van der Waals surface area contributed by atoms with Gasteiger partial charge in [0, 0.05) is 26.2 Å². The summed E-state index contributed by atoms with van der Waals surface area (Å²) in [5.41, 5.74) is 0. The molecule has 5 nitrogen and oxygen atoms in total. The largest absolute Gasteiger partial charge is 0.376 e. The van der Waals surface area contributed by atoms with Gasteiger partial charge in [0.05, 0.1) is 12.6 Å². The molecule has 0 aliphatic carbocycles. The molecule has 2 aliphatic heterocycles. The summed E-state index contributed by atoms with van der Waals surface area (Å²) in [7, 11) is 0. The SMILES string of the molecule is CCN1CCCN(CC(=O)NC[C@H]2CCCO2)CC1. The van der Waals surface area contributed by atoms with Crippen molar-refractivity contribution in [3.8, 4) is 0 Å². The molecule has 0 bridgehead atoms. The summed E-state index contributed by atoms with van der Waals surface area (Å²) in [6.45, 7) is 9.63. The quantitative estimate of drug-likeness (QED) is 0.780. The molecule has 2 heterocycles. The predicted octanol–water partition coefficient (Wildman–Crippen LogP) is 0.309. The Bertz CT molecular complexity index is 280. The highest BCUT2D eigenvalue weighted by molar-refractivity contribution is 5.78. The summed E-state index contributed by atoms with van der Waals surface area (Å²) in [6, 6.07) is 0. The van der Waals surface area contributed by atoms with Crippen LogP contribution in [-0.4, -0.2) is 74.2 Å². The van der Waals surface area contributed by atoms with Crippen LogP contribution in [0.25, 0.3) is 0 Å². The van der Waals surface area contributed by atoms with Crippen molar-refractivity contribution in [1.29, 1.82) is 0 Å². The Morgan fingerprint density at radius 1 is 1.21 bits per heavy atom. The topological polar surface area (TPSA) is 44.8 Å². The fraction of sp³-hybridized carbons (Fsp3) is 0.929. The summed E-state index contributed by atoms with van der Waals surface area (Å²) < 4.78 is 5.51. The molecule has 0 aromatic carbocycles. The van der Waals surface area contributed by atoms with E-state index >= 15 is 0 Å². The molecule has 2 fully saturated rings. The summed E-state index contributed by atoms with van der Waals surface area (Å²) in [5, 5.41) is 3.00. The van der Waals surface area contributed by atoms with E-state index in [1.165, 1.54) is 0 Å². The van der Waals surface area contributed by atoms with E-state index in [1.807, 2.05) is 0 Å². The van der Waals surface area contributed by atoms with Gasteiger partial charge in [0.15, 0.2) is 0 Å². The Kier molecular flexibility index (Phi) is 6.07. The monoisotopic (exact) mass is 269 g/mol. The van der Waals surface area contributed by atoms with Gasteiger partial charge in [-0.3, -0.25) is 9.69 Å².